The van der Waals surface area contributed by atoms with Crippen LogP contribution >= 0.6 is 0 Å². The molecule has 0 spiro atoms. The van der Waals surface area contributed by atoms with Crippen molar-refractivity contribution in [2.75, 3.05) is 13.2 Å². The highest BCUT2D eigenvalue weighted by molar-refractivity contribution is 5.89. The van der Waals surface area contributed by atoms with E-state index in [0.717, 1.165) is 5.56 Å². The van der Waals surface area contributed by atoms with E-state index in [4.69, 9.17) is 9.47 Å². The Morgan fingerprint density at radius 3 is 2.50 bits per heavy atom. The van der Waals surface area contributed by atoms with Crippen LogP contribution in [0.2, 0.25) is 0 Å². The second-order valence-corrected chi connectivity index (χ2v) is 6.14. The molecule has 28 heavy (non-hydrogen) atoms. The Hall–Kier alpha value is -2.90. The number of hydrogen-bond donors (Lipinski definition) is 3. The van der Waals surface area contributed by atoms with E-state index in [1.165, 1.54) is 6.07 Å². The van der Waals surface area contributed by atoms with Gasteiger partial charge in [0.05, 0.1) is 18.3 Å². The Morgan fingerprint density at radius 1 is 1.04 bits per heavy atom. The second kappa shape index (κ2) is 11.1. The molecule has 7 heteroatoms. The molecule has 0 radical (unpaired) electrons. The van der Waals surface area contributed by atoms with E-state index in [2.05, 4.69) is 5.32 Å². The predicted molar refractivity (Wildman–Crippen MR) is 103 cm³/mol. The number of amides is 1. The van der Waals surface area contributed by atoms with Gasteiger partial charge in [-0.05, 0) is 36.6 Å². The van der Waals surface area contributed by atoms with Crippen LogP contribution in [0.4, 0.5) is 4.79 Å². The molecule has 0 bridgehead atoms. The zero-order valence-electron chi connectivity index (χ0n) is 15.7. The zero-order valence-corrected chi connectivity index (χ0v) is 15.7. The van der Waals surface area contributed by atoms with E-state index in [0.29, 0.717) is 11.1 Å². The van der Waals surface area contributed by atoms with Gasteiger partial charge in [-0.1, -0.05) is 42.5 Å². The van der Waals surface area contributed by atoms with Gasteiger partial charge in [-0.3, -0.25) is 0 Å². The Morgan fingerprint density at radius 2 is 1.79 bits per heavy atom. The lowest BCUT2D eigenvalue weighted by atomic mass is 10.00. The molecule has 2 aromatic carbocycles. The number of hydrogen-bond acceptors (Lipinski definition) is 6. The summed E-state index contributed by atoms with van der Waals surface area (Å²) in [7, 11) is 0. The minimum Gasteiger partial charge on any atom is -0.462 e. The Labute approximate surface area is 163 Å². The fourth-order valence-corrected chi connectivity index (χ4v) is 2.54. The summed E-state index contributed by atoms with van der Waals surface area (Å²) < 4.78 is 10.00. The summed E-state index contributed by atoms with van der Waals surface area (Å²) in [5, 5.41) is 23.0. The highest BCUT2D eigenvalue weighted by Gasteiger charge is 2.20. The van der Waals surface area contributed by atoms with Crippen molar-refractivity contribution in [2.45, 2.75) is 32.2 Å². The maximum atomic E-state index is 11.8. The van der Waals surface area contributed by atoms with Crippen LogP contribution in [0.5, 0.6) is 0 Å². The molecule has 1 amide bonds. The van der Waals surface area contributed by atoms with E-state index >= 15 is 0 Å². The maximum Gasteiger partial charge on any atom is 0.407 e. The van der Waals surface area contributed by atoms with Gasteiger partial charge in [-0.15, -0.1) is 0 Å². The number of benzene rings is 2. The number of nitrogens with one attached hydrogen (secondary N) is 1. The van der Waals surface area contributed by atoms with Crippen molar-refractivity contribution in [3.63, 3.8) is 0 Å². The predicted octanol–water partition coefficient (Wildman–Crippen LogP) is 2.57. The van der Waals surface area contributed by atoms with Gasteiger partial charge in [0.15, 0.2) is 0 Å². The van der Waals surface area contributed by atoms with Crippen molar-refractivity contribution in [1.29, 1.82) is 0 Å². The van der Waals surface area contributed by atoms with Crippen LogP contribution in [0.3, 0.4) is 0 Å². The van der Waals surface area contributed by atoms with Gasteiger partial charge in [-0.2, -0.15) is 0 Å². The molecule has 2 aromatic rings. The highest BCUT2D eigenvalue weighted by Crippen LogP contribution is 2.20. The molecule has 0 heterocycles. The first-order valence-electron chi connectivity index (χ1n) is 9.09. The SMILES string of the molecule is CCOC(=O)c1cccc(C(O)C(O)CCNC(=O)OCc2ccccc2)c1. The molecule has 0 aliphatic rings. The van der Waals surface area contributed by atoms with E-state index in [-0.39, 0.29) is 26.2 Å². The summed E-state index contributed by atoms with van der Waals surface area (Å²) in [6, 6.07) is 15.5. The third-order valence-electron chi connectivity index (χ3n) is 4.03. The molecule has 2 rings (SSSR count). The van der Waals surface area contributed by atoms with Gasteiger partial charge in [-0.25, -0.2) is 9.59 Å². The number of carbonyl (C=O) groups excluding carboxylic acids is 2. The number of alkyl carbamates (subject to hydrolysis) is 1. The fraction of sp³-hybridized carbons (Fsp3) is 0.333. The summed E-state index contributed by atoms with van der Waals surface area (Å²) in [5.74, 6) is -0.492. The van der Waals surface area contributed by atoms with Crippen LogP contribution in [0.15, 0.2) is 54.6 Å². The molecule has 0 aliphatic carbocycles. The standard InChI is InChI=1S/C21H25NO6/c1-2-27-20(25)17-10-6-9-16(13-17)19(24)18(23)11-12-22-21(26)28-14-15-7-4-3-5-8-15/h3-10,13,18-19,23-24H,2,11-12,14H2,1H3,(H,22,26). The third-order valence-corrected chi connectivity index (χ3v) is 4.03. The van der Waals surface area contributed by atoms with Gasteiger partial charge in [0, 0.05) is 6.54 Å². The van der Waals surface area contributed by atoms with Crippen molar-refractivity contribution >= 4 is 12.1 Å². The van der Waals surface area contributed by atoms with Crippen LogP contribution in [0.1, 0.15) is 40.9 Å². The monoisotopic (exact) mass is 387 g/mol. The Balaban J connectivity index is 1.77. The molecular formula is C21H25NO6. The lowest BCUT2D eigenvalue weighted by Crippen LogP contribution is -2.29. The molecule has 150 valence electrons. The normalized spacial score (nSPS) is 12.7. The number of aliphatic hydroxyl groups excluding tert-OH is 2. The van der Waals surface area contributed by atoms with E-state index in [1.807, 2.05) is 30.3 Å². The molecule has 0 aliphatic heterocycles. The van der Waals surface area contributed by atoms with Crippen molar-refractivity contribution in [3.05, 3.63) is 71.3 Å². The van der Waals surface area contributed by atoms with Crippen molar-refractivity contribution in [3.8, 4) is 0 Å². The second-order valence-electron chi connectivity index (χ2n) is 6.14. The molecular weight excluding hydrogens is 362 g/mol. The Kier molecular flexibility index (Phi) is 8.45. The van der Waals surface area contributed by atoms with Crippen molar-refractivity contribution < 1.29 is 29.3 Å². The largest absolute Gasteiger partial charge is 0.462 e. The third kappa shape index (κ3) is 6.68. The lowest BCUT2D eigenvalue weighted by Gasteiger charge is -2.19. The number of aliphatic hydroxyl groups is 2. The van der Waals surface area contributed by atoms with Crippen LogP contribution in [-0.4, -0.2) is 41.5 Å². The summed E-state index contributed by atoms with van der Waals surface area (Å²) in [5.41, 5.74) is 1.56. The number of carbonyl (C=O) groups is 2. The number of ether oxygens (including phenoxy) is 2. The first-order chi connectivity index (χ1) is 13.5. The van der Waals surface area contributed by atoms with Gasteiger partial charge >= 0.3 is 12.1 Å². The van der Waals surface area contributed by atoms with Crippen LogP contribution in [0, 0.1) is 0 Å². The van der Waals surface area contributed by atoms with E-state index in [1.54, 1.807) is 25.1 Å². The summed E-state index contributed by atoms with van der Waals surface area (Å²) >= 11 is 0. The number of rotatable bonds is 9. The maximum absolute atomic E-state index is 11.8. The van der Waals surface area contributed by atoms with Crippen LogP contribution in [0.25, 0.3) is 0 Å². The number of esters is 1. The molecule has 0 fully saturated rings. The molecule has 2 unspecified atom stereocenters. The minimum absolute atomic E-state index is 0.116. The van der Waals surface area contributed by atoms with Crippen LogP contribution in [-0.2, 0) is 16.1 Å². The first kappa shape index (κ1) is 21.4. The topological polar surface area (TPSA) is 105 Å². The summed E-state index contributed by atoms with van der Waals surface area (Å²) in [4.78, 5) is 23.5. The molecule has 7 nitrogen and oxygen atoms in total. The molecule has 0 saturated carbocycles. The molecule has 2 atom stereocenters. The lowest BCUT2D eigenvalue weighted by molar-refractivity contribution is 0.0135. The van der Waals surface area contributed by atoms with E-state index in [9.17, 15) is 19.8 Å². The minimum atomic E-state index is -1.20. The average Bonchev–Trinajstić information content (AvgIpc) is 2.72. The molecule has 0 aromatic heterocycles. The van der Waals surface area contributed by atoms with E-state index < -0.39 is 24.3 Å². The first-order valence-corrected chi connectivity index (χ1v) is 9.09. The highest BCUT2D eigenvalue weighted by atomic mass is 16.5. The smallest absolute Gasteiger partial charge is 0.407 e. The van der Waals surface area contributed by atoms with Gasteiger partial charge in [0.25, 0.3) is 0 Å². The molecule has 3 N–H and O–H groups in total. The van der Waals surface area contributed by atoms with Crippen molar-refractivity contribution in [2.24, 2.45) is 0 Å². The van der Waals surface area contributed by atoms with Gasteiger partial charge in [0.1, 0.15) is 12.7 Å². The zero-order chi connectivity index (χ0) is 20.4. The average molecular weight is 387 g/mol. The fourth-order valence-electron chi connectivity index (χ4n) is 2.54. The Bertz CT molecular complexity index is 765. The van der Waals surface area contributed by atoms with Gasteiger partial charge in [0.2, 0.25) is 0 Å². The van der Waals surface area contributed by atoms with Crippen LogP contribution < -0.4 is 5.32 Å². The van der Waals surface area contributed by atoms with Gasteiger partial charge < -0.3 is 25.0 Å². The quantitative estimate of drug-likeness (QED) is 0.571. The summed E-state index contributed by atoms with van der Waals surface area (Å²) in [6.45, 7) is 2.24. The molecule has 0 saturated heterocycles. The van der Waals surface area contributed by atoms with Crippen molar-refractivity contribution in [1.82, 2.24) is 5.32 Å². The summed E-state index contributed by atoms with van der Waals surface area (Å²) in [6.07, 6.45) is -2.80.